The maximum Gasteiger partial charge on any atom is 0.433 e. The van der Waals surface area contributed by atoms with Gasteiger partial charge in [0.1, 0.15) is 11.5 Å². The molecule has 0 saturated heterocycles. The number of hydrazone groups is 1. The Morgan fingerprint density at radius 3 is 2.67 bits per heavy atom. The Labute approximate surface area is 174 Å². The molecular weight excluding hydrogens is 419 g/mol. The average molecular weight is 434 g/mol. The Balaban J connectivity index is 1.90. The lowest BCUT2D eigenvalue weighted by Crippen LogP contribution is -2.21. The van der Waals surface area contributed by atoms with Crippen molar-refractivity contribution in [1.29, 1.82) is 0 Å². The SMILES string of the molecule is Cc1cc(Cl)ccc1Nc1nc(C(F)(F)F)ccc1C(=O)N/N=C/c1cccnc1. The summed E-state index contributed by atoms with van der Waals surface area (Å²) in [7, 11) is 0. The molecule has 0 fully saturated rings. The number of aryl methyl sites for hydroxylation is 1. The van der Waals surface area contributed by atoms with E-state index in [0.29, 0.717) is 21.8 Å². The molecule has 0 saturated carbocycles. The van der Waals surface area contributed by atoms with Crippen molar-refractivity contribution in [3.8, 4) is 0 Å². The summed E-state index contributed by atoms with van der Waals surface area (Å²) in [5.41, 5.74) is 2.80. The van der Waals surface area contributed by atoms with Crippen molar-refractivity contribution in [2.24, 2.45) is 5.10 Å². The third kappa shape index (κ3) is 5.32. The van der Waals surface area contributed by atoms with Crippen molar-refractivity contribution in [1.82, 2.24) is 15.4 Å². The molecule has 0 aliphatic rings. The van der Waals surface area contributed by atoms with Crippen LogP contribution >= 0.6 is 11.6 Å². The number of hydrogen-bond donors (Lipinski definition) is 2. The second-order valence-corrected chi connectivity index (χ2v) is 6.60. The quantitative estimate of drug-likeness (QED) is 0.440. The fourth-order valence-electron chi connectivity index (χ4n) is 2.47. The minimum Gasteiger partial charge on any atom is -0.339 e. The Hall–Kier alpha value is -3.46. The van der Waals surface area contributed by atoms with Crippen LogP contribution in [-0.2, 0) is 6.18 Å². The van der Waals surface area contributed by atoms with Crippen LogP contribution in [0, 0.1) is 6.92 Å². The summed E-state index contributed by atoms with van der Waals surface area (Å²) in [6, 6.07) is 9.98. The number of anilines is 2. The minimum absolute atomic E-state index is 0.110. The second kappa shape index (κ2) is 8.91. The van der Waals surface area contributed by atoms with Crippen molar-refractivity contribution >= 4 is 35.2 Å². The Morgan fingerprint density at radius 1 is 1.20 bits per heavy atom. The fraction of sp³-hybridized carbons (Fsp3) is 0.100. The van der Waals surface area contributed by atoms with Crippen molar-refractivity contribution < 1.29 is 18.0 Å². The predicted octanol–water partition coefficient (Wildman–Crippen LogP) is 4.96. The van der Waals surface area contributed by atoms with Crippen LogP contribution in [0.2, 0.25) is 5.02 Å². The zero-order chi connectivity index (χ0) is 21.7. The van der Waals surface area contributed by atoms with Crippen molar-refractivity contribution in [3.63, 3.8) is 0 Å². The summed E-state index contributed by atoms with van der Waals surface area (Å²) < 4.78 is 39.4. The molecule has 1 aromatic carbocycles. The van der Waals surface area contributed by atoms with Crippen LogP contribution < -0.4 is 10.7 Å². The summed E-state index contributed by atoms with van der Waals surface area (Å²) >= 11 is 5.92. The van der Waals surface area contributed by atoms with Gasteiger partial charge in [0.05, 0.1) is 11.8 Å². The van der Waals surface area contributed by atoms with Crippen molar-refractivity contribution in [3.05, 3.63) is 82.3 Å². The first-order chi connectivity index (χ1) is 14.2. The highest BCUT2D eigenvalue weighted by molar-refractivity contribution is 6.30. The summed E-state index contributed by atoms with van der Waals surface area (Å²) in [4.78, 5) is 20.0. The summed E-state index contributed by atoms with van der Waals surface area (Å²) in [6.45, 7) is 1.72. The number of nitrogens with one attached hydrogen (secondary N) is 2. The number of halogens is 4. The lowest BCUT2D eigenvalue weighted by atomic mass is 10.1. The van der Waals surface area contributed by atoms with Crippen molar-refractivity contribution in [2.75, 3.05) is 5.32 Å². The normalized spacial score (nSPS) is 11.5. The maximum absolute atomic E-state index is 13.1. The van der Waals surface area contributed by atoms with Gasteiger partial charge in [-0.2, -0.15) is 18.3 Å². The third-order valence-corrected chi connectivity index (χ3v) is 4.17. The van der Waals surface area contributed by atoms with E-state index >= 15 is 0 Å². The molecule has 0 unspecified atom stereocenters. The highest BCUT2D eigenvalue weighted by Crippen LogP contribution is 2.31. The monoisotopic (exact) mass is 433 g/mol. The van der Waals surface area contributed by atoms with E-state index in [1.807, 2.05) is 0 Å². The largest absolute Gasteiger partial charge is 0.433 e. The molecule has 0 bridgehead atoms. The first-order valence-corrected chi connectivity index (χ1v) is 8.96. The standard InChI is InChI=1S/C20H15ClF3N5O/c1-12-9-14(21)4-6-16(12)27-18-15(5-7-17(28-18)20(22,23)24)19(30)29-26-11-13-3-2-8-25-10-13/h2-11H,1H3,(H,27,28)(H,29,30)/b26-11+. The van der Waals surface area contributed by atoms with Crippen LogP contribution in [0.25, 0.3) is 0 Å². The van der Waals surface area contributed by atoms with Crippen LogP contribution in [0.1, 0.15) is 27.2 Å². The van der Waals surface area contributed by atoms with Gasteiger partial charge < -0.3 is 5.32 Å². The zero-order valence-electron chi connectivity index (χ0n) is 15.5. The average Bonchev–Trinajstić information content (AvgIpc) is 2.70. The number of carbonyl (C=O) groups is 1. The number of nitrogens with zero attached hydrogens (tertiary/aromatic N) is 3. The minimum atomic E-state index is -4.67. The molecule has 30 heavy (non-hydrogen) atoms. The highest BCUT2D eigenvalue weighted by atomic mass is 35.5. The number of aromatic nitrogens is 2. The fourth-order valence-corrected chi connectivity index (χ4v) is 2.70. The van der Waals surface area contributed by atoms with Gasteiger partial charge in [0.15, 0.2) is 0 Å². The van der Waals surface area contributed by atoms with E-state index < -0.39 is 17.8 Å². The molecule has 0 atom stereocenters. The Morgan fingerprint density at radius 2 is 2.00 bits per heavy atom. The highest BCUT2D eigenvalue weighted by Gasteiger charge is 2.33. The number of alkyl halides is 3. The van der Waals surface area contributed by atoms with Gasteiger partial charge in [0.2, 0.25) is 0 Å². The van der Waals surface area contributed by atoms with E-state index in [9.17, 15) is 18.0 Å². The van der Waals surface area contributed by atoms with E-state index in [2.05, 4.69) is 25.8 Å². The lowest BCUT2D eigenvalue weighted by Gasteiger charge is -2.15. The molecule has 1 amide bonds. The predicted molar refractivity (Wildman–Crippen MR) is 108 cm³/mol. The number of amides is 1. The first kappa shape index (κ1) is 21.3. The molecule has 6 nitrogen and oxygen atoms in total. The first-order valence-electron chi connectivity index (χ1n) is 8.59. The smallest absolute Gasteiger partial charge is 0.339 e. The third-order valence-electron chi connectivity index (χ3n) is 3.94. The van der Waals surface area contributed by atoms with Gasteiger partial charge in [-0.1, -0.05) is 17.7 Å². The zero-order valence-corrected chi connectivity index (χ0v) is 16.3. The summed E-state index contributed by atoms with van der Waals surface area (Å²) in [5, 5.41) is 7.05. The summed E-state index contributed by atoms with van der Waals surface area (Å²) in [6.07, 6.45) is -0.191. The Bertz CT molecular complexity index is 1090. The van der Waals surface area contributed by atoms with Crippen LogP contribution in [0.4, 0.5) is 24.7 Å². The van der Waals surface area contributed by atoms with E-state index in [-0.39, 0.29) is 11.4 Å². The molecule has 2 N–H and O–H groups in total. The molecule has 154 valence electrons. The molecule has 10 heteroatoms. The molecule has 3 rings (SSSR count). The van der Waals surface area contributed by atoms with Gasteiger partial charge in [-0.25, -0.2) is 10.4 Å². The van der Waals surface area contributed by atoms with E-state index in [4.69, 9.17) is 11.6 Å². The van der Waals surface area contributed by atoms with Crippen molar-refractivity contribution in [2.45, 2.75) is 13.1 Å². The van der Waals surface area contributed by atoms with Crippen LogP contribution in [0.15, 0.2) is 60.0 Å². The number of rotatable bonds is 5. The van der Waals surface area contributed by atoms with Crippen LogP contribution in [0.3, 0.4) is 0 Å². The number of carbonyl (C=O) groups excluding carboxylic acids is 1. The molecule has 3 aromatic rings. The Kier molecular flexibility index (Phi) is 6.31. The van der Waals surface area contributed by atoms with E-state index in [0.717, 1.165) is 12.1 Å². The number of benzene rings is 1. The topological polar surface area (TPSA) is 79.3 Å². The van der Waals surface area contributed by atoms with E-state index in [1.165, 1.54) is 12.4 Å². The molecule has 0 spiro atoms. The summed E-state index contributed by atoms with van der Waals surface area (Å²) in [5.74, 6) is -0.991. The van der Waals surface area contributed by atoms with Gasteiger partial charge in [-0.3, -0.25) is 9.78 Å². The van der Waals surface area contributed by atoms with Gasteiger partial charge in [0.25, 0.3) is 5.91 Å². The molecule has 0 radical (unpaired) electrons. The van der Waals surface area contributed by atoms with Gasteiger partial charge in [0, 0.05) is 28.7 Å². The lowest BCUT2D eigenvalue weighted by molar-refractivity contribution is -0.141. The maximum atomic E-state index is 13.1. The van der Waals surface area contributed by atoms with Crippen LogP contribution in [-0.4, -0.2) is 22.1 Å². The van der Waals surface area contributed by atoms with E-state index in [1.54, 1.807) is 43.5 Å². The number of hydrogen-bond acceptors (Lipinski definition) is 5. The molecule has 2 aromatic heterocycles. The molecular formula is C20H15ClF3N5O. The van der Waals surface area contributed by atoms with Gasteiger partial charge in [-0.05, 0) is 48.9 Å². The molecule has 2 heterocycles. The number of pyridine rings is 2. The van der Waals surface area contributed by atoms with Gasteiger partial charge in [-0.15, -0.1) is 0 Å². The molecule has 0 aliphatic carbocycles. The van der Waals surface area contributed by atoms with Crippen LogP contribution in [0.5, 0.6) is 0 Å². The molecule has 0 aliphatic heterocycles. The second-order valence-electron chi connectivity index (χ2n) is 6.16. The van der Waals surface area contributed by atoms with Gasteiger partial charge >= 0.3 is 6.18 Å².